The van der Waals surface area contributed by atoms with Crippen molar-refractivity contribution in [2.75, 3.05) is 0 Å². The van der Waals surface area contributed by atoms with Gasteiger partial charge in [-0.1, -0.05) is 0 Å². The number of aryl methyl sites for hydroxylation is 1. The molecule has 1 heterocycles. The number of hydrogen-bond acceptors (Lipinski definition) is 1. The predicted molar refractivity (Wildman–Crippen MR) is 23.3 cm³/mol. The van der Waals surface area contributed by atoms with E-state index < -0.39 is 0 Å². The molecule has 0 unspecified atom stereocenters. The quantitative estimate of drug-likeness (QED) is 0.467. The van der Waals surface area contributed by atoms with Gasteiger partial charge in [-0.2, -0.15) is 0 Å². The van der Waals surface area contributed by atoms with E-state index in [4.69, 9.17) is 0 Å². The van der Waals surface area contributed by atoms with Gasteiger partial charge in [0.2, 0.25) is 0 Å². The maximum atomic E-state index is 3.86. The predicted octanol–water partition coefficient (Wildman–Crippen LogP) is -11.3. The second kappa shape index (κ2) is 17.2. The van der Waals surface area contributed by atoms with E-state index in [-0.39, 0.29) is 71.3 Å². The summed E-state index contributed by atoms with van der Waals surface area (Å²) in [5.74, 6) is 0.968. The normalized spacial score (nSPS) is 4.82. The molecule has 0 amide bonds. The molecule has 0 spiro atoms. The van der Waals surface area contributed by atoms with Gasteiger partial charge in [-0.05, 0) is 6.92 Å². The smallest absolute Gasteiger partial charge is 1.00 e. The summed E-state index contributed by atoms with van der Waals surface area (Å²) in [6.45, 7) is 1.92. The molecule has 11 heavy (non-hydrogen) atoms. The summed E-state index contributed by atoms with van der Waals surface area (Å²) in [7, 11) is 0. The van der Waals surface area contributed by atoms with Crippen LogP contribution in [0.3, 0.4) is 0 Å². The van der Waals surface area contributed by atoms with Crippen LogP contribution in [-0.4, -0.2) is 9.97 Å². The Balaban J connectivity index is -0.0000000240. The van der Waals surface area contributed by atoms with E-state index in [0.29, 0.717) is 0 Å². The number of hydrogen-bond donors (Lipinski definition) is 1. The van der Waals surface area contributed by atoms with E-state index in [1.165, 1.54) is 0 Å². The fourth-order valence-corrected chi connectivity index (χ4v) is 0.344. The molecule has 0 aliphatic carbocycles. The first-order valence-electron chi connectivity index (χ1n) is 1.85. The van der Waals surface area contributed by atoms with Gasteiger partial charge in [0.15, 0.2) is 0 Å². The second-order valence-electron chi connectivity index (χ2n) is 1.17. The van der Waals surface area contributed by atoms with Crippen LogP contribution in [-0.2, 0) is 21.7 Å². The molecule has 0 atom stereocenters. The minimum absolute atomic E-state index is 0. The van der Waals surface area contributed by atoms with Gasteiger partial charge >= 0.3 is 21.7 Å². The number of H-pyrrole nitrogens is 1. The Hall–Kier alpha value is 1.08. The molecule has 1 aromatic rings. The Kier molecular flexibility index (Phi) is 46.4. The van der Waals surface area contributed by atoms with E-state index in [1.54, 1.807) is 12.4 Å². The molecule has 0 aliphatic heterocycles. The Morgan fingerprint density at radius 2 is 1.64 bits per heavy atom. The fraction of sp³-hybridized carbons (Fsp3) is 0.250. The molecule has 0 aromatic carbocycles. The zero-order valence-electron chi connectivity index (χ0n) is 5.61. The molecule has 7 heteroatoms. The van der Waals surface area contributed by atoms with Gasteiger partial charge in [0.1, 0.15) is 5.82 Å². The van der Waals surface area contributed by atoms with E-state index >= 15 is 0 Å². The third-order valence-corrected chi connectivity index (χ3v) is 0.635. The van der Waals surface area contributed by atoms with Crippen molar-refractivity contribution < 1.29 is 71.3 Å². The molecule has 0 radical (unpaired) electrons. The van der Waals surface area contributed by atoms with E-state index in [2.05, 4.69) is 9.97 Å². The zero-order chi connectivity index (χ0) is 4.41. The maximum absolute atomic E-state index is 3.86. The third kappa shape index (κ3) is 14.0. The average Bonchev–Trinajstić information content (AvgIpc) is 1.86. The van der Waals surface area contributed by atoms with Crippen molar-refractivity contribution in [3.63, 3.8) is 0 Å². The number of halogens is 4. The molecular weight excluding hydrogens is 266 g/mol. The van der Waals surface area contributed by atoms with Gasteiger partial charge in [0.25, 0.3) is 0 Å². The molecule has 0 saturated carbocycles. The van der Waals surface area contributed by atoms with Gasteiger partial charge in [0, 0.05) is 12.4 Å². The van der Waals surface area contributed by atoms with Crippen molar-refractivity contribution in [2.45, 2.75) is 6.92 Å². The first-order valence-corrected chi connectivity index (χ1v) is 1.85. The third-order valence-electron chi connectivity index (χ3n) is 0.635. The largest absolute Gasteiger partial charge is 4.00 e. The summed E-state index contributed by atoms with van der Waals surface area (Å²) in [6.07, 6.45) is 3.53. The SMILES string of the molecule is Cc1ncc[nH]1.[Cl-].[Cl-].[Cl-].[Cl-].[Ti+4]. The minimum Gasteiger partial charge on any atom is -1.00 e. The van der Waals surface area contributed by atoms with E-state index in [0.717, 1.165) is 5.82 Å². The van der Waals surface area contributed by atoms with Crippen LogP contribution in [0, 0.1) is 6.92 Å². The van der Waals surface area contributed by atoms with Crippen LogP contribution >= 0.6 is 0 Å². The maximum Gasteiger partial charge on any atom is 4.00 e. The summed E-state index contributed by atoms with van der Waals surface area (Å²) in [6, 6.07) is 0. The minimum atomic E-state index is 0. The summed E-state index contributed by atoms with van der Waals surface area (Å²) in [5.41, 5.74) is 0. The molecule has 0 bridgehead atoms. The van der Waals surface area contributed by atoms with Gasteiger partial charge in [-0.3, -0.25) is 0 Å². The van der Waals surface area contributed by atoms with Crippen LogP contribution in [0.2, 0.25) is 0 Å². The van der Waals surface area contributed by atoms with Gasteiger partial charge in [0.05, 0.1) is 0 Å². The van der Waals surface area contributed by atoms with Crippen LogP contribution in [0.25, 0.3) is 0 Å². The van der Waals surface area contributed by atoms with Gasteiger partial charge < -0.3 is 54.6 Å². The Labute approximate surface area is 106 Å². The topological polar surface area (TPSA) is 28.7 Å². The van der Waals surface area contributed by atoms with Crippen molar-refractivity contribution >= 4 is 0 Å². The Bertz CT molecular complexity index is 124. The Morgan fingerprint density at radius 1 is 1.18 bits per heavy atom. The van der Waals surface area contributed by atoms with Crippen molar-refractivity contribution in [1.29, 1.82) is 0 Å². The monoisotopic (exact) mass is 270 g/mol. The van der Waals surface area contributed by atoms with Crippen molar-refractivity contribution in [3.8, 4) is 0 Å². The van der Waals surface area contributed by atoms with Crippen LogP contribution in [0.15, 0.2) is 12.4 Å². The fourth-order valence-electron chi connectivity index (χ4n) is 0.344. The van der Waals surface area contributed by atoms with Crippen LogP contribution in [0.1, 0.15) is 5.82 Å². The molecule has 0 fully saturated rings. The van der Waals surface area contributed by atoms with Crippen LogP contribution in [0.4, 0.5) is 0 Å². The summed E-state index contributed by atoms with van der Waals surface area (Å²) in [4.78, 5) is 6.75. The molecular formula is C4H6Cl4N2Ti. The summed E-state index contributed by atoms with van der Waals surface area (Å²) in [5, 5.41) is 0. The molecule has 64 valence electrons. The standard InChI is InChI=1S/C4H6N2.4ClH.Ti/c1-4-5-2-3-6-4;;;;;/h2-3H,1H3,(H,5,6);4*1H;/q;;;;;+4/p-4. The average molecular weight is 272 g/mol. The number of aromatic amines is 1. The first-order chi connectivity index (χ1) is 2.89. The summed E-state index contributed by atoms with van der Waals surface area (Å²) < 4.78 is 0. The molecule has 1 aromatic heterocycles. The number of imidazole rings is 1. The molecule has 1 N–H and O–H groups in total. The second-order valence-corrected chi connectivity index (χ2v) is 1.17. The van der Waals surface area contributed by atoms with E-state index in [1.807, 2.05) is 6.92 Å². The van der Waals surface area contributed by atoms with Gasteiger partial charge in [-0.25, -0.2) is 4.98 Å². The van der Waals surface area contributed by atoms with Crippen molar-refractivity contribution in [1.82, 2.24) is 9.97 Å². The number of nitrogens with zero attached hydrogens (tertiary/aromatic N) is 1. The Morgan fingerprint density at radius 3 is 1.73 bits per heavy atom. The number of aromatic nitrogens is 2. The molecule has 1 rings (SSSR count). The van der Waals surface area contributed by atoms with Crippen LogP contribution < -0.4 is 49.6 Å². The van der Waals surface area contributed by atoms with Crippen molar-refractivity contribution in [3.05, 3.63) is 18.2 Å². The van der Waals surface area contributed by atoms with Gasteiger partial charge in [-0.15, -0.1) is 0 Å². The summed E-state index contributed by atoms with van der Waals surface area (Å²) >= 11 is 0. The van der Waals surface area contributed by atoms with E-state index in [9.17, 15) is 0 Å². The van der Waals surface area contributed by atoms with Crippen LogP contribution in [0.5, 0.6) is 0 Å². The molecule has 0 aliphatic rings. The molecule has 2 nitrogen and oxygen atoms in total. The number of rotatable bonds is 0. The zero-order valence-corrected chi connectivity index (χ0v) is 10.2. The molecule has 0 saturated heterocycles. The number of nitrogens with one attached hydrogen (secondary N) is 1. The van der Waals surface area contributed by atoms with Crippen molar-refractivity contribution in [2.24, 2.45) is 0 Å². The first kappa shape index (κ1) is 29.6.